The highest BCUT2D eigenvalue weighted by Crippen LogP contribution is 2.30. The SMILES string of the molecule is CC(=O)NCCNC(=O)C[C@H](c1ccccc1)c1ccccc1C. The van der Waals surface area contributed by atoms with Crippen LogP contribution in [0.25, 0.3) is 0 Å². The van der Waals surface area contributed by atoms with Gasteiger partial charge in [0.2, 0.25) is 11.8 Å². The number of aryl methyl sites for hydroxylation is 1. The average Bonchev–Trinajstić information content (AvgIpc) is 2.58. The number of carbonyl (C=O) groups excluding carboxylic acids is 2. The molecule has 0 aromatic heterocycles. The Bertz CT molecular complexity index is 683. The number of carbonyl (C=O) groups is 2. The van der Waals surface area contributed by atoms with Gasteiger partial charge in [0.1, 0.15) is 0 Å². The molecule has 2 aromatic carbocycles. The van der Waals surface area contributed by atoms with E-state index in [1.54, 1.807) is 0 Å². The van der Waals surface area contributed by atoms with E-state index in [0.717, 1.165) is 5.56 Å². The van der Waals surface area contributed by atoms with Gasteiger partial charge < -0.3 is 10.6 Å². The average molecular weight is 324 g/mol. The van der Waals surface area contributed by atoms with Gasteiger partial charge in [0.25, 0.3) is 0 Å². The summed E-state index contributed by atoms with van der Waals surface area (Å²) in [4.78, 5) is 23.2. The lowest BCUT2D eigenvalue weighted by molar-refractivity contribution is -0.122. The van der Waals surface area contributed by atoms with E-state index >= 15 is 0 Å². The first-order valence-corrected chi connectivity index (χ1v) is 8.19. The lowest BCUT2D eigenvalue weighted by atomic mass is 9.86. The normalized spacial score (nSPS) is 11.6. The highest BCUT2D eigenvalue weighted by atomic mass is 16.2. The van der Waals surface area contributed by atoms with Crippen LogP contribution in [0.4, 0.5) is 0 Å². The van der Waals surface area contributed by atoms with Gasteiger partial charge in [-0.3, -0.25) is 9.59 Å². The van der Waals surface area contributed by atoms with Crippen molar-refractivity contribution in [1.29, 1.82) is 0 Å². The van der Waals surface area contributed by atoms with E-state index in [0.29, 0.717) is 19.5 Å². The van der Waals surface area contributed by atoms with Crippen molar-refractivity contribution >= 4 is 11.8 Å². The molecule has 0 aliphatic rings. The maximum absolute atomic E-state index is 12.3. The first kappa shape index (κ1) is 17.7. The van der Waals surface area contributed by atoms with Crippen LogP contribution in [0.15, 0.2) is 54.6 Å². The van der Waals surface area contributed by atoms with Crippen molar-refractivity contribution < 1.29 is 9.59 Å². The van der Waals surface area contributed by atoms with Gasteiger partial charge in [-0.25, -0.2) is 0 Å². The third kappa shape index (κ3) is 5.23. The second-order valence-electron chi connectivity index (χ2n) is 5.86. The minimum atomic E-state index is -0.0914. The Morgan fingerprint density at radius 2 is 1.54 bits per heavy atom. The van der Waals surface area contributed by atoms with Gasteiger partial charge in [-0.15, -0.1) is 0 Å². The highest BCUT2D eigenvalue weighted by Gasteiger charge is 2.19. The van der Waals surface area contributed by atoms with E-state index in [9.17, 15) is 9.59 Å². The molecular weight excluding hydrogens is 300 g/mol. The number of rotatable bonds is 7. The summed E-state index contributed by atoms with van der Waals surface area (Å²) in [5.74, 6) is -0.0862. The summed E-state index contributed by atoms with van der Waals surface area (Å²) in [5.41, 5.74) is 3.47. The van der Waals surface area contributed by atoms with Gasteiger partial charge in [-0.05, 0) is 23.6 Å². The summed E-state index contributed by atoms with van der Waals surface area (Å²) in [6.07, 6.45) is 0.384. The van der Waals surface area contributed by atoms with Crippen molar-refractivity contribution in [2.75, 3.05) is 13.1 Å². The summed E-state index contributed by atoms with van der Waals surface area (Å²) >= 11 is 0. The standard InChI is InChI=1S/C20H24N2O2/c1-15-8-6-7-11-18(15)19(17-9-4-3-5-10-17)14-20(24)22-13-12-21-16(2)23/h3-11,19H,12-14H2,1-2H3,(H,21,23)(H,22,24)/t19-/m1/s1. The Balaban J connectivity index is 2.09. The van der Waals surface area contributed by atoms with Gasteiger partial charge in [-0.2, -0.15) is 0 Å². The molecule has 0 heterocycles. The quantitative estimate of drug-likeness (QED) is 0.770. The molecular formula is C20H24N2O2. The molecule has 24 heavy (non-hydrogen) atoms. The zero-order valence-corrected chi connectivity index (χ0v) is 14.2. The molecule has 0 saturated heterocycles. The molecule has 2 aromatic rings. The molecule has 126 valence electrons. The van der Waals surface area contributed by atoms with E-state index < -0.39 is 0 Å². The van der Waals surface area contributed by atoms with Crippen molar-refractivity contribution in [2.45, 2.75) is 26.2 Å². The lowest BCUT2D eigenvalue weighted by Crippen LogP contribution is -2.34. The van der Waals surface area contributed by atoms with Crippen LogP contribution in [0.5, 0.6) is 0 Å². The molecule has 0 fully saturated rings. The number of nitrogens with one attached hydrogen (secondary N) is 2. The van der Waals surface area contributed by atoms with Gasteiger partial charge in [0.15, 0.2) is 0 Å². The van der Waals surface area contributed by atoms with Gasteiger partial charge in [0, 0.05) is 32.4 Å². The maximum atomic E-state index is 12.3. The molecule has 4 heteroatoms. The van der Waals surface area contributed by atoms with Crippen LogP contribution < -0.4 is 10.6 Å². The third-order valence-corrected chi connectivity index (χ3v) is 3.98. The van der Waals surface area contributed by atoms with Crippen LogP contribution in [0.3, 0.4) is 0 Å². The van der Waals surface area contributed by atoms with Crippen LogP contribution in [0.1, 0.15) is 36.0 Å². The second-order valence-corrected chi connectivity index (χ2v) is 5.86. The fraction of sp³-hybridized carbons (Fsp3) is 0.300. The Labute approximate surface area is 143 Å². The van der Waals surface area contributed by atoms with E-state index in [-0.39, 0.29) is 17.7 Å². The highest BCUT2D eigenvalue weighted by molar-refractivity contribution is 5.78. The molecule has 0 saturated carbocycles. The minimum Gasteiger partial charge on any atom is -0.355 e. The minimum absolute atomic E-state index is 0.0162. The molecule has 0 aliphatic carbocycles. The van der Waals surface area contributed by atoms with Gasteiger partial charge >= 0.3 is 0 Å². The van der Waals surface area contributed by atoms with E-state index in [1.807, 2.05) is 30.3 Å². The summed E-state index contributed by atoms with van der Waals surface area (Å²) in [5, 5.41) is 5.55. The molecule has 0 aliphatic heterocycles. The van der Waals surface area contributed by atoms with Crippen molar-refractivity contribution in [1.82, 2.24) is 10.6 Å². The van der Waals surface area contributed by atoms with E-state index in [2.05, 4.69) is 41.8 Å². The molecule has 1 atom stereocenters. The zero-order chi connectivity index (χ0) is 17.4. The van der Waals surface area contributed by atoms with E-state index in [1.165, 1.54) is 18.1 Å². The van der Waals surface area contributed by atoms with E-state index in [4.69, 9.17) is 0 Å². The van der Waals surface area contributed by atoms with Gasteiger partial charge in [-0.1, -0.05) is 54.6 Å². The summed E-state index contributed by atoms with van der Waals surface area (Å²) in [7, 11) is 0. The maximum Gasteiger partial charge on any atom is 0.221 e. The summed E-state index contributed by atoms with van der Waals surface area (Å²) in [6, 6.07) is 18.2. The fourth-order valence-electron chi connectivity index (χ4n) is 2.77. The molecule has 2 rings (SSSR count). The smallest absolute Gasteiger partial charge is 0.221 e. The van der Waals surface area contributed by atoms with Crippen LogP contribution in [0, 0.1) is 6.92 Å². The first-order valence-electron chi connectivity index (χ1n) is 8.19. The predicted molar refractivity (Wildman–Crippen MR) is 95.8 cm³/mol. The molecule has 2 amide bonds. The monoisotopic (exact) mass is 324 g/mol. The van der Waals surface area contributed by atoms with Crippen LogP contribution in [-0.4, -0.2) is 24.9 Å². The Morgan fingerprint density at radius 1 is 0.917 bits per heavy atom. The first-order chi connectivity index (χ1) is 11.6. The molecule has 0 bridgehead atoms. The van der Waals surface area contributed by atoms with Gasteiger partial charge in [0.05, 0.1) is 0 Å². The second kappa shape index (κ2) is 8.87. The van der Waals surface area contributed by atoms with Crippen molar-refractivity contribution in [2.24, 2.45) is 0 Å². The number of hydrogen-bond acceptors (Lipinski definition) is 2. The van der Waals surface area contributed by atoms with Crippen molar-refractivity contribution in [3.05, 3.63) is 71.3 Å². The number of amides is 2. The number of benzene rings is 2. The molecule has 4 nitrogen and oxygen atoms in total. The zero-order valence-electron chi connectivity index (χ0n) is 14.2. The Hall–Kier alpha value is -2.62. The summed E-state index contributed by atoms with van der Waals surface area (Å²) in [6.45, 7) is 4.42. The predicted octanol–water partition coefficient (Wildman–Crippen LogP) is 2.77. The Morgan fingerprint density at radius 3 is 2.21 bits per heavy atom. The summed E-state index contributed by atoms with van der Waals surface area (Å²) < 4.78 is 0. The van der Waals surface area contributed by atoms with Crippen LogP contribution in [0.2, 0.25) is 0 Å². The Kier molecular flexibility index (Phi) is 6.55. The van der Waals surface area contributed by atoms with Crippen molar-refractivity contribution in [3.8, 4) is 0 Å². The molecule has 0 radical (unpaired) electrons. The molecule has 0 unspecified atom stereocenters. The van der Waals surface area contributed by atoms with Crippen LogP contribution >= 0.6 is 0 Å². The molecule has 2 N–H and O–H groups in total. The fourth-order valence-corrected chi connectivity index (χ4v) is 2.77. The largest absolute Gasteiger partial charge is 0.355 e. The third-order valence-electron chi connectivity index (χ3n) is 3.98. The lowest BCUT2D eigenvalue weighted by Gasteiger charge is -2.20. The topological polar surface area (TPSA) is 58.2 Å². The van der Waals surface area contributed by atoms with Crippen LogP contribution in [-0.2, 0) is 9.59 Å². The van der Waals surface area contributed by atoms with Crippen molar-refractivity contribution in [3.63, 3.8) is 0 Å². The number of hydrogen-bond donors (Lipinski definition) is 2. The molecule has 0 spiro atoms.